The second-order valence-corrected chi connectivity index (χ2v) is 0. The molecule has 0 fully saturated rings. The molecule has 0 bridgehead atoms. The van der Waals surface area contributed by atoms with E-state index in [2.05, 4.69) is 0 Å². The van der Waals surface area contributed by atoms with Gasteiger partial charge in [-0.05, 0) is 0 Å². The van der Waals surface area contributed by atoms with Crippen molar-refractivity contribution in [2.75, 3.05) is 0 Å². The predicted octanol–water partition coefficient (Wildman–Crippen LogP) is -12.4. The van der Waals surface area contributed by atoms with Gasteiger partial charge in [0.15, 0.2) is 0 Å². The van der Waals surface area contributed by atoms with E-state index in [0.717, 1.165) is 0 Å². The van der Waals surface area contributed by atoms with E-state index in [-0.39, 0.29) is 158 Å². The van der Waals surface area contributed by atoms with E-state index >= 15 is 0 Å². The molecule has 0 saturated carbocycles. The number of hydrogen-bond donors (Lipinski definition) is 0. The van der Waals surface area contributed by atoms with Gasteiger partial charge in [-0.15, -0.1) is 0 Å². The maximum absolute atomic E-state index is 0. The van der Waals surface area contributed by atoms with Crippen molar-refractivity contribution in [1.82, 2.24) is 0 Å². The fraction of sp³-hybridized carbons (Fsp3) is 0. The monoisotopic (exact) mass is 410 g/mol. The topological polar surface area (TPSA) is 0 Å². The van der Waals surface area contributed by atoms with Crippen LogP contribution >= 0.6 is 0 Å². The molecule has 0 aromatic heterocycles. The van der Waals surface area contributed by atoms with Crippen LogP contribution in [-0.2, 0) is 0 Å². The second kappa shape index (κ2) is 23.3. The molecule has 0 rings (SSSR count). The van der Waals surface area contributed by atoms with Crippen LogP contribution in [0.5, 0.6) is 0 Å². The van der Waals surface area contributed by atoms with Crippen LogP contribution in [0.1, 0.15) is 0 Å². The van der Waals surface area contributed by atoms with Crippen LogP contribution in [0.3, 0.4) is 0 Å². The molecule has 0 aromatic carbocycles. The maximum atomic E-state index is 0. The zero-order chi connectivity index (χ0) is 0. The zero-order valence-corrected chi connectivity index (χ0v) is 16.1. The standard InChI is InChI=1S/3BrH.Ca.Cs/h3*1H;;/q;;;+2;+1/p-3. The Bertz CT molecular complexity index is 6.85. The summed E-state index contributed by atoms with van der Waals surface area (Å²) in [4.78, 5) is 0. The molecule has 0 saturated heterocycles. The first-order chi connectivity index (χ1) is 0. The molecular weight excluding hydrogens is 413 g/mol. The molecule has 0 nitrogen and oxygen atoms in total. The summed E-state index contributed by atoms with van der Waals surface area (Å²) in [6.07, 6.45) is 0. The summed E-state index contributed by atoms with van der Waals surface area (Å²) in [5, 5.41) is 0. The second-order valence-electron chi connectivity index (χ2n) is 0. The normalized spacial score (nSPS) is 0. The number of rotatable bonds is 0. The Morgan fingerprint density at radius 2 is 0.600 bits per heavy atom. The van der Waals surface area contributed by atoms with Crippen LogP contribution < -0.4 is 120 Å². The molecule has 0 aliphatic rings. The molecule has 0 N–H and O–H groups in total. The third kappa shape index (κ3) is 17.7. The predicted molar refractivity (Wildman–Crippen MR) is 5.75 cm³/mol. The molecule has 0 amide bonds. The van der Waals surface area contributed by atoms with Crippen molar-refractivity contribution in [1.29, 1.82) is 0 Å². The van der Waals surface area contributed by atoms with Crippen LogP contribution in [0, 0.1) is 0 Å². The first-order valence-corrected chi connectivity index (χ1v) is 0. The SMILES string of the molecule is [Br-].[Br-].[Br-].[Ca+2].[Cs+]. The summed E-state index contributed by atoms with van der Waals surface area (Å²) in [5.41, 5.74) is 0. The van der Waals surface area contributed by atoms with Gasteiger partial charge in [0.1, 0.15) is 0 Å². The van der Waals surface area contributed by atoms with Gasteiger partial charge < -0.3 is 50.9 Å². The first kappa shape index (κ1) is 33.1. The van der Waals surface area contributed by atoms with E-state index in [1.807, 2.05) is 0 Å². The Labute approximate surface area is 152 Å². The smallest absolute Gasteiger partial charge is 1.00 e. The van der Waals surface area contributed by atoms with Gasteiger partial charge in [0.05, 0.1) is 0 Å². The fourth-order valence-electron chi connectivity index (χ4n) is 0. The third-order valence-electron chi connectivity index (χ3n) is 0. The average molecular weight is 413 g/mol. The average Bonchev–Trinajstić information content (AvgIpc) is 0. The van der Waals surface area contributed by atoms with Crippen LogP contribution in [-0.4, -0.2) is 37.7 Å². The molecule has 0 aliphatic heterocycles. The molecule has 0 spiro atoms. The summed E-state index contributed by atoms with van der Waals surface area (Å²) >= 11 is 0. The van der Waals surface area contributed by atoms with Gasteiger partial charge in [-0.2, -0.15) is 0 Å². The summed E-state index contributed by atoms with van der Waals surface area (Å²) in [5.74, 6) is 0. The van der Waals surface area contributed by atoms with E-state index in [9.17, 15) is 0 Å². The summed E-state index contributed by atoms with van der Waals surface area (Å²) in [6.45, 7) is 0. The Kier molecular flexibility index (Phi) is 154. The van der Waals surface area contributed by atoms with Crippen molar-refractivity contribution in [3.63, 3.8) is 0 Å². The van der Waals surface area contributed by atoms with Crippen molar-refractivity contribution >= 4 is 37.7 Å². The largest absolute Gasteiger partial charge is 2.00 e. The fourth-order valence-corrected chi connectivity index (χ4v) is 0. The van der Waals surface area contributed by atoms with E-state index in [0.29, 0.717) is 0 Å². The molecule has 0 atom stereocenters. The first-order valence-electron chi connectivity index (χ1n) is 0. The van der Waals surface area contributed by atoms with E-state index in [4.69, 9.17) is 0 Å². The van der Waals surface area contributed by atoms with Crippen molar-refractivity contribution in [2.24, 2.45) is 0 Å². The molecule has 0 heterocycles. The van der Waals surface area contributed by atoms with Gasteiger partial charge in [-0.3, -0.25) is 0 Å². The van der Waals surface area contributed by atoms with Crippen molar-refractivity contribution in [2.45, 2.75) is 0 Å². The van der Waals surface area contributed by atoms with Gasteiger partial charge in [0.2, 0.25) is 0 Å². The summed E-state index contributed by atoms with van der Waals surface area (Å²) in [6, 6.07) is 0. The Balaban J connectivity index is 0. The summed E-state index contributed by atoms with van der Waals surface area (Å²) in [7, 11) is 0. The number of halogens is 3. The van der Waals surface area contributed by atoms with Crippen molar-refractivity contribution < 1.29 is 120 Å². The number of hydrogen-bond acceptors (Lipinski definition) is 0. The molecule has 5 heavy (non-hydrogen) atoms. The van der Waals surface area contributed by atoms with Crippen LogP contribution in [0.25, 0.3) is 0 Å². The van der Waals surface area contributed by atoms with Crippen LogP contribution in [0.15, 0.2) is 0 Å². The molecule has 0 aromatic rings. The molecule has 0 unspecified atom stereocenters. The van der Waals surface area contributed by atoms with Gasteiger partial charge in [-0.1, -0.05) is 0 Å². The molecule has 24 valence electrons. The summed E-state index contributed by atoms with van der Waals surface area (Å²) < 4.78 is 0. The zero-order valence-electron chi connectivity index (χ0n) is 2.84. The molecule has 0 radical (unpaired) electrons. The third-order valence-corrected chi connectivity index (χ3v) is 0. The van der Waals surface area contributed by atoms with E-state index < -0.39 is 0 Å². The minimum Gasteiger partial charge on any atom is -1.00 e. The van der Waals surface area contributed by atoms with Crippen LogP contribution in [0.2, 0.25) is 0 Å². The van der Waals surface area contributed by atoms with Crippen molar-refractivity contribution in [3.05, 3.63) is 0 Å². The minimum absolute atomic E-state index is 0. The van der Waals surface area contributed by atoms with Gasteiger partial charge in [-0.25, -0.2) is 0 Å². The molecule has 0 aliphatic carbocycles. The Hall–Kier alpha value is 4.75. The van der Waals surface area contributed by atoms with Gasteiger partial charge in [0, 0.05) is 0 Å². The van der Waals surface area contributed by atoms with E-state index in [1.54, 1.807) is 0 Å². The maximum Gasteiger partial charge on any atom is 2.00 e. The minimum atomic E-state index is 0. The Morgan fingerprint density at radius 3 is 0.600 bits per heavy atom. The van der Waals surface area contributed by atoms with Crippen molar-refractivity contribution in [3.8, 4) is 0 Å². The van der Waals surface area contributed by atoms with E-state index in [1.165, 1.54) is 0 Å². The van der Waals surface area contributed by atoms with Gasteiger partial charge >= 0.3 is 107 Å². The quantitative estimate of drug-likeness (QED) is 0.347. The molecular formula is Br3CaCs. The van der Waals surface area contributed by atoms with Gasteiger partial charge in [0.25, 0.3) is 0 Å². The van der Waals surface area contributed by atoms with Crippen LogP contribution in [0.4, 0.5) is 0 Å². The Morgan fingerprint density at radius 1 is 0.600 bits per heavy atom. The molecule has 5 heteroatoms.